The number of halogens is 1. The lowest BCUT2D eigenvalue weighted by Crippen LogP contribution is -2.09. The van der Waals surface area contributed by atoms with Gasteiger partial charge in [-0.2, -0.15) is 4.98 Å². The second-order valence-corrected chi connectivity index (χ2v) is 4.44. The van der Waals surface area contributed by atoms with E-state index >= 15 is 0 Å². The van der Waals surface area contributed by atoms with Crippen molar-refractivity contribution in [3.8, 4) is 5.88 Å². The molecular formula is C12H13ClN6O. The number of rotatable bonds is 5. The van der Waals surface area contributed by atoms with Crippen LogP contribution < -0.4 is 4.74 Å². The Morgan fingerprint density at radius 2 is 2.20 bits per heavy atom. The highest BCUT2D eigenvalue weighted by atomic mass is 35.5. The number of ether oxygens (including phenoxy) is 1. The minimum atomic E-state index is 0.309. The van der Waals surface area contributed by atoms with Crippen molar-refractivity contribution in [2.45, 2.75) is 19.0 Å². The second-order valence-electron chi connectivity index (χ2n) is 4.17. The van der Waals surface area contributed by atoms with E-state index in [9.17, 15) is 0 Å². The average molecular weight is 293 g/mol. The number of fused-ring (bicyclic) bond motifs is 1. The minimum Gasteiger partial charge on any atom is -0.479 e. The summed E-state index contributed by atoms with van der Waals surface area (Å²) in [7, 11) is 1.56. The molecule has 7 nitrogen and oxygen atoms in total. The van der Waals surface area contributed by atoms with Crippen LogP contribution in [0.2, 0.25) is 0 Å². The SMILES string of the molecule is COc1ncnc2c1nc(CCl)n2CCn1ccnc1. The summed E-state index contributed by atoms with van der Waals surface area (Å²) >= 11 is 5.97. The monoisotopic (exact) mass is 292 g/mol. The summed E-state index contributed by atoms with van der Waals surface area (Å²) in [4.78, 5) is 16.8. The number of imidazole rings is 2. The topological polar surface area (TPSA) is 70.7 Å². The molecule has 3 aromatic heterocycles. The van der Waals surface area contributed by atoms with E-state index in [0.29, 0.717) is 23.8 Å². The van der Waals surface area contributed by atoms with Crippen molar-refractivity contribution >= 4 is 22.8 Å². The number of aromatic nitrogens is 6. The molecule has 0 aliphatic heterocycles. The molecule has 0 aliphatic carbocycles. The fourth-order valence-corrected chi connectivity index (χ4v) is 2.29. The van der Waals surface area contributed by atoms with E-state index < -0.39 is 0 Å². The Morgan fingerprint density at radius 3 is 2.90 bits per heavy atom. The van der Waals surface area contributed by atoms with Crippen molar-refractivity contribution in [2.24, 2.45) is 0 Å². The minimum absolute atomic E-state index is 0.309. The summed E-state index contributed by atoms with van der Waals surface area (Å²) in [5.41, 5.74) is 1.36. The van der Waals surface area contributed by atoms with Gasteiger partial charge in [0.25, 0.3) is 0 Å². The number of hydrogen-bond acceptors (Lipinski definition) is 5. The Hall–Kier alpha value is -2.15. The molecule has 3 heterocycles. The number of hydrogen-bond donors (Lipinski definition) is 0. The van der Waals surface area contributed by atoms with Crippen molar-refractivity contribution < 1.29 is 4.74 Å². The highest BCUT2D eigenvalue weighted by molar-refractivity contribution is 6.16. The molecule has 0 bridgehead atoms. The third-order valence-electron chi connectivity index (χ3n) is 3.03. The van der Waals surface area contributed by atoms with Crippen molar-refractivity contribution in [3.05, 3.63) is 30.9 Å². The quantitative estimate of drug-likeness (QED) is 0.666. The molecule has 0 aromatic carbocycles. The zero-order valence-corrected chi connectivity index (χ0v) is 11.7. The predicted octanol–water partition coefficient (Wildman–Crippen LogP) is 1.47. The van der Waals surface area contributed by atoms with Gasteiger partial charge >= 0.3 is 0 Å². The van der Waals surface area contributed by atoms with Gasteiger partial charge in [0, 0.05) is 25.5 Å². The Bertz CT molecular complexity index is 708. The fourth-order valence-electron chi connectivity index (χ4n) is 2.08. The van der Waals surface area contributed by atoms with Gasteiger partial charge in [-0.05, 0) is 0 Å². The van der Waals surface area contributed by atoms with E-state index in [1.807, 2.05) is 15.3 Å². The first-order valence-corrected chi connectivity index (χ1v) is 6.62. The molecule has 0 fully saturated rings. The van der Waals surface area contributed by atoms with Crippen LogP contribution in [0.5, 0.6) is 5.88 Å². The summed E-state index contributed by atoms with van der Waals surface area (Å²) in [6.45, 7) is 1.47. The maximum absolute atomic E-state index is 5.97. The van der Waals surface area contributed by atoms with Crippen molar-refractivity contribution in [1.29, 1.82) is 0 Å². The standard InChI is InChI=1S/C12H13ClN6O/c1-20-12-10-11(15-7-16-12)19(9(6-13)17-10)5-4-18-3-2-14-8-18/h2-3,7-8H,4-6H2,1H3. The Morgan fingerprint density at radius 1 is 1.30 bits per heavy atom. The van der Waals surface area contributed by atoms with Gasteiger partial charge in [0.15, 0.2) is 11.2 Å². The molecule has 0 saturated carbocycles. The molecular weight excluding hydrogens is 280 g/mol. The Labute approximate surface area is 120 Å². The number of methoxy groups -OCH3 is 1. The van der Waals surface area contributed by atoms with Gasteiger partial charge in [-0.25, -0.2) is 15.0 Å². The molecule has 0 aliphatic rings. The van der Waals surface area contributed by atoms with E-state index in [4.69, 9.17) is 16.3 Å². The molecule has 20 heavy (non-hydrogen) atoms. The van der Waals surface area contributed by atoms with E-state index in [1.54, 1.807) is 19.6 Å². The van der Waals surface area contributed by atoms with E-state index in [1.165, 1.54) is 6.33 Å². The molecule has 3 aromatic rings. The van der Waals surface area contributed by atoms with Gasteiger partial charge in [0.05, 0.1) is 19.3 Å². The third-order valence-corrected chi connectivity index (χ3v) is 3.27. The Balaban J connectivity index is 1.99. The predicted molar refractivity (Wildman–Crippen MR) is 73.7 cm³/mol. The molecule has 0 saturated heterocycles. The van der Waals surface area contributed by atoms with Crippen molar-refractivity contribution in [2.75, 3.05) is 7.11 Å². The van der Waals surface area contributed by atoms with Crippen LogP contribution in [0.1, 0.15) is 5.82 Å². The highest BCUT2D eigenvalue weighted by Crippen LogP contribution is 2.22. The van der Waals surface area contributed by atoms with Gasteiger partial charge in [-0.15, -0.1) is 11.6 Å². The molecule has 0 spiro atoms. The molecule has 0 N–H and O–H groups in total. The van der Waals surface area contributed by atoms with Crippen LogP contribution in [0.3, 0.4) is 0 Å². The lowest BCUT2D eigenvalue weighted by Gasteiger charge is -2.07. The summed E-state index contributed by atoms with van der Waals surface area (Å²) in [5.74, 6) is 1.52. The van der Waals surface area contributed by atoms with Crippen LogP contribution >= 0.6 is 11.6 Å². The zero-order valence-electron chi connectivity index (χ0n) is 10.9. The van der Waals surface area contributed by atoms with Crippen molar-refractivity contribution in [1.82, 2.24) is 29.1 Å². The molecule has 3 rings (SSSR count). The summed E-state index contributed by atoms with van der Waals surface area (Å²) in [6.07, 6.45) is 6.90. The molecule has 0 radical (unpaired) electrons. The lowest BCUT2D eigenvalue weighted by atomic mass is 10.5. The third kappa shape index (κ3) is 2.20. The molecule has 0 atom stereocenters. The highest BCUT2D eigenvalue weighted by Gasteiger charge is 2.15. The summed E-state index contributed by atoms with van der Waals surface area (Å²) in [5, 5.41) is 0. The van der Waals surface area contributed by atoms with Gasteiger partial charge in [0.2, 0.25) is 5.88 Å². The molecule has 0 unspecified atom stereocenters. The maximum Gasteiger partial charge on any atom is 0.245 e. The maximum atomic E-state index is 5.97. The van der Waals surface area contributed by atoms with Crippen LogP contribution in [-0.4, -0.2) is 36.2 Å². The van der Waals surface area contributed by atoms with E-state index in [-0.39, 0.29) is 0 Å². The Kier molecular flexibility index (Phi) is 3.51. The van der Waals surface area contributed by atoms with Crippen molar-refractivity contribution in [3.63, 3.8) is 0 Å². The van der Waals surface area contributed by atoms with Crippen LogP contribution in [-0.2, 0) is 19.0 Å². The first-order valence-electron chi connectivity index (χ1n) is 6.09. The average Bonchev–Trinajstić information content (AvgIpc) is 3.11. The fraction of sp³-hybridized carbons (Fsp3) is 0.333. The molecule has 0 amide bonds. The summed E-state index contributed by atoms with van der Waals surface area (Å²) in [6, 6.07) is 0. The lowest BCUT2D eigenvalue weighted by molar-refractivity contribution is 0.401. The smallest absolute Gasteiger partial charge is 0.245 e. The normalized spacial score (nSPS) is 11.1. The largest absolute Gasteiger partial charge is 0.479 e. The van der Waals surface area contributed by atoms with E-state index in [2.05, 4.69) is 19.9 Å². The first-order chi connectivity index (χ1) is 9.83. The van der Waals surface area contributed by atoms with Crippen LogP contribution in [0.25, 0.3) is 11.2 Å². The number of nitrogens with zero attached hydrogens (tertiary/aromatic N) is 6. The van der Waals surface area contributed by atoms with Crippen LogP contribution in [0, 0.1) is 0 Å². The van der Waals surface area contributed by atoms with Crippen LogP contribution in [0.15, 0.2) is 25.0 Å². The van der Waals surface area contributed by atoms with Gasteiger partial charge in [0.1, 0.15) is 12.2 Å². The van der Waals surface area contributed by atoms with Gasteiger partial charge < -0.3 is 13.9 Å². The van der Waals surface area contributed by atoms with Gasteiger partial charge in [-0.3, -0.25) is 0 Å². The molecule has 8 heteroatoms. The second kappa shape index (κ2) is 5.46. The zero-order chi connectivity index (χ0) is 13.9. The molecule has 104 valence electrons. The summed E-state index contributed by atoms with van der Waals surface area (Å²) < 4.78 is 9.17. The van der Waals surface area contributed by atoms with Crippen LogP contribution in [0.4, 0.5) is 0 Å². The van der Waals surface area contributed by atoms with E-state index in [0.717, 1.165) is 18.0 Å². The number of aryl methyl sites for hydroxylation is 2. The van der Waals surface area contributed by atoms with Gasteiger partial charge in [-0.1, -0.05) is 0 Å². The first kappa shape index (κ1) is 12.9. The number of alkyl halides is 1.